The molecule has 206 valence electrons. The minimum atomic E-state index is -1.66. The van der Waals surface area contributed by atoms with Gasteiger partial charge in [0, 0.05) is 24.7 Å². The first-order valence-corrected chi connectivity index (χ1v) is 11.8. The van der Waals surface area contributed by atoms with Crippen LogP contribution in [0.15, 0.2) is 42.9 Å². The molecule has 0 saturated carbocycles. The van der Waals surface area contributed by atoms with Crippen molar-refractivity contribution in [3.63, 3.8) is 0 Å². The maximum atomic E-state index is 13.2. The van der Waals surface area contributed by atoms with Crippen LogP contribution in [0.5, 0.6) is 0 Å². The first kappa shape index (κ1) is 29.9. The fraction of sp³-hybridized carbons (Fsp3) is 0.417. The molecule has 0 radical (unpaired) electrons. The van der Waals surface area contributed by atoms with Crippen LogP contribution in [0.2, 0.25) is 0 Å². The summed E-state index contributed by atoms with van der Waals surface area (Å²) in [6.07, 6.45) is 1.02. The number of nitrogens with zero attached hydrogens (tertiary/aromatic N) is 1. The minimum absolute atomic E-state index is 0.0365. The van der Waals surface area contributed by atoms with E-state index in [1.165, 1.54) is 19.4 Å². The fourth-order valence-electron chi connectivity index (χ4n) is 3.54. The Bertz CT molecular complexity index is 1090. The Labute approximate surface area is 218 Å². The monoisotopic (exact) mass is 531 g/mol. The molecule has 4 amide bonds. The van der Waals surface area contributed by atoms with Crippen LogP contribution >= 0.6 is 0 Å². The summed E-state index contributed by atoms with van der Waals surface area (Å²) < 4.78 is 0. The predicted molar refractivity (Wildman–Crippen MR) is 134 cm³/mol. The minimum Gasteiger partial charge on any atom is -0.480 e. The van der Waals surface area contributed by atoms with Crippen molar-refractivity contribution in [3.05, 3.63) is 54.1 Å². The Balaban J connectivity index is 2.19. The Morgan fingerprint density at radius 2 is 1.61 bits per heavy atom. The molecule has 14 nitrogen and oxygen atoms in total. The third kappa shape index (κ3) is 9.63. The van der Waals surface area contributed by atoms with Crippen molar-refractivity contribution in [2.75, 3.05) is 0 Å². The van der Waals surface area contributed by atoms with E-state index in [0.29, 0.717) is 5.69 Å². The molecule has 0 aliphatic rings. The number of imidazole rings is 1. The number of carboxylic acids is 1. The second-order valence-corrected chi connectivity index (χ2v) is 8.77. The van der Waals surface area contributed by atoms with Crippen molar-refractivity contribution in [2.45, 2.75) is 62.9 Å². The van der Waals surface area contributed by atoms with Gasteiger partial charge >= 0.3 is 5.97 Å². The standard InChI is InChI=1S/C24H33N7O7/c1-13(32)20(24(37)38)31-22(35)17(7-8-19(26)33)29-23(36)18(10-15-11-27-12-28-15)30-21(34)16(25)9-14-5-3-2-4-6-14/h2-6,11-13,16-18,20,32H,7-10,25H2,1H3,(H2,26,33)(H,27,28)(H,29,36)(H,30,34)(H,31,35)(H,37,38). The molecule has 5 unspecified atom stereocenters. The van der Waals surface area contributed by atoms with Crippen LogP contribution in [0, 0.1) is 0 Å². The van der Waals surface area contributed by atoms with Gasteiger partial charge in [-0.15, -0.1) is 0 Å². The number of aromatic amines is 1. The zero-order chi connectivity index (χ0) is 28.2. The van der Waals surface area contributed by atoms with Crippen LogP contribution < -0.4 is 27.4 Å². The van der Waals surface area contributed by atoms with E-state index in [1.807, 2.05) is 18.2 Å². The van der Waals surface area contributed by atoms with Gasteiger partial charge in [0.25, 0.3) is 0 Å². The maximum Gasteiger partial charge on any atom is 0.328 e. The topological polar surface area (TPSA) is 243 Å². The summed E-state index contributed by atoms with van der Waals surface area (Å²) >= 11 is 0. The van der Waals surface area contributed by atoms with Gasteiger partial charge in [0.15, 0.2) is 6.04 Å². The average molecular weight is 532 g/mol. The van der Waals surface area contributed by atoms with E-state index >= 15 is 0 Å². The fourth-order valence-corrected chi connectivity index (χ4v) is 3.54. The van der Waals surface area contributed by atoms with Crippen molar-refractivity contribution >= 4 is 29.6 Å². The Morgan fingerprint density at radius 1 is 0.974 bits per heavy atom. The normalized spacial score (nSPS) is 14.8. The lowest BCUT2D eigenvalue weighted by atomic mass is 10.0. The molecule has 2 aromatic rings. The van der Waals surface area contributed by atoms with Crippen LogP contribution in [0.3, 0.4) is 0 Å². The number of carbonyl (C=O) groups is 5. The summed E-state index contributed by atoms with van der Waals surface area (Å²) in [5.74, 6) is -4.62. The van der Waals surface area contributed by atoms with Gasteiger partial charge in [-0.05, 0) is 25.3 Å². The molecule has 2 rings (SSSR count). The zero-order valence-electron chi connectivity index (χ0n) is 20.8. The number of hydrogen-bond acceptors (Lipinski definition) is 8. The molecule has 1 aromatic heterocycles. The number of aliphatic carboxylic acids is 1. The third-order valence-electron chi connectivity index (χ3n) is 5.61. The summed E-state index contributed by atoms with van der Waals surface area (Å²) in [5.41, 5.74) is 12.6. The van der Waals surface area contributed by atoms with Crippen LogP contribution in [-0.2, 0) is 36.8 Å². The van der Waals surface area contributed by atoms with Crippen molar-refractivity contribution in [1.82, 2.24) is 25.9 Å². The molecular formula is C24H33N7O7. The average Bonchev–Trinajstić information content (AvgIpc) is 3.37. The van der Waals surface area contributed by atoms with Crippen LogP contribution in [-0.4, -0.2) is 80.1 Å². The lowest BCUT2D eigenvalue weighted by Crippen LogP contribution is -2.58. The molecule has 1 aromatic carbocycles. The highest BCUT2D eigenvalue weighted by atomic mass is 16.4. The number of aliphatic hydroxyl groups is 1. The molecule has 0 aliphatic heterocycles. The van der Waals surface area contributed by atoms with Gasteiger partial charge in [0.2, 0.25) is 23.6 Å². The number of hydrogen-bond donors (Lipinski definition) is 8. The van der Waals surface area contributed by atoms with E-state index in [4.69, 9.17) is 11.5 Å². The van der Waals surface area contributed by atoms with Crippen LogP contribution in [0.1, 0.15) is 31.0 Å². The summed E-state index contributed by atoms with van der Waals surface area (Å²) in [7, 11) is 0. The van der Waals surface area contributed by atoms with Gasteiger partial charge in [-0.25, -0.2) is 9.78 Å². The zero-order valence-corrected chi connectivity index (χ0v) is 20.8. The van der Waals surface area contributed by atoms with E-state index in [9.17, 15) is 34.2 Å². The van der Waals surface area contributed by atoms with Crippen molar-refractivity contribution in [1.29, 1.82) is 0 Å². The van der Waals surface area contributed by atoms with Crippen molar-refractivity contribution < 1.29 is 34.2 Å². The molecule has 38 heavy (non-hydrogen) atoms. The molecule has 0 saturated heterocycles. The van der Waals surface area contributed by atoms with Gasteiger partial charge in [-0.1, -0.05) is 30.3 Å². The Kier molecular flexibility index (Phi) is 11.4. The quantitative estimate of drug-likeness (QED) is 0.123. The second kappa shape index (κ2) is 14.4. The first-order valence-electron chi connectivity index (χ1n) is 11.8. The van der Waals surface area contributed by atoms with E-state index in [-0.39, 0.29) is 25.7 Å². The van der Waals surface area contributed by atoms with Gasteiger partial charge in [0.1, 0.15) is 12.1 Å². The highest BCUT2D eigenvalue weighted by molar-refractivity contribution is 5.94. The summed E-state index contributed by atoms with van der Waals surface area (Å²) in [6, 6.07) is 3.80. The summed E-state index contributed by atoms with van der Waals surface area (Å²) in [6.45, 7) is 1.17. The number of benzene rings is 1. The van der Waals surface area contributed by atoms with Gasteiger partial charge < -0.3 is 42.6 Å². The summed E-state index contributed by atoms with van der Waals surface area (Å²) in [5, 5.41) is 26.1. The number of primary amides is 1. The Hall–Kier alpha value is -4.30. The number of amides is 4. The van der Waals surface area contributed by atoms with Crippen molar-refractivity contribution in [2.24, 2.45) is 11.5 Å². The number of nitrogens with one attached hydrogen (secondary N) is 4. The maximum absolute atomic E-state index is 13.2. The molecule has 0 fully saturated rings. The molecule has 0 aliphatic carbocycles. The van der Waals surface area contributed by atoms with Gasteiger partial charge in [-0.2, -0.15) is 0 Å². The molecule has 14 heteroatoms. The number of aliphatic hydroxyl groups excluding tert-OH is 1. The highest BCUT2D eigenvalue weighted by Crippen LogP contribution is 2.06. The van der Waals surface area contributed by atoms with E-state index in [0.717, 1.165) is 5.56 Å². The first-order chi connectivity index (χ1) is 18.0. The molecule has 1 heterocycles. The number of carbonyl (C=O) groups excluding carboxylic acids is 4. The van der Waals surface area contributed by atoms with Crippen LogP contribution in [0.4, 0.5) is 0 Å². The van der Waals surface area contributed by atoms with Gasteiger partial charge in [-0.3, -0.25) is 19.2 Å². The van der Waals surface area contributed by atoms with Gasteiger partial charge in [0.05, 0.1) is 18.5 Å². The number of nitrogens with two attached hydrogens (primary N) is 2. The second-order valence-electron chi connectivity index (χ2n) is 8.77. The lowest BCUT2D eigenvalue weighted by Gasteiger charge is -2.25. The van der Waals surface area contributed by atoms with Crippen LogP contribution in [0.25, 0.3) is 0 Å². The molecule has 0 bridgehead atoms. The SMILES string of the molecule is CC(O)C(NC(=O)C(CCC(N)=O)NC(=O)C(Cc1cnc[nH]1)NC(=O)C(N)Cc1ccccc1)C(=O)O. The van der Waals surface area contributed by atoms with E-state index in [2.05, 4.69) is 25.9 Å². The molecule has 5 atom stereocenters. The number of H-pyrrole nitrogens is 1. The Morgan fingerprint density at radius 3 is 2.16 bits per heavy atom. The number of rotatable bonds is 15. The third-order valence-corrected chi connectivity index (χ3v) is 5.61. The molecular weight excluding hydrogens is 498 g/mol. The lowest BCUT2D eigenvalue weighted by molar-refractivity contribution is -0.145. The van der Waals surface area contributed by atoms with Crippen molar-refractivity contribution in [3.8, 4) is 0 Å². The predicted octanol–water partition coefficient (Wildman–Crippen LogP) is -2.29. The number of aromatic nitrogens is 2. The largest absolute Gasteiger partial charge is 0.480 e. The molecule has 0 spiro atoms. The number of carboxylic acid groups (broad SMARTS) is 1. The van der Waals surface area contributed by atoms with E-state index in [1.54, 1.807) is 12.1 Å². The highest BCUT2D eigenvalue weighted by Gasteiger charge is 2.32. The molecule has 10 N–H and O–H groups in total. The summed E-state index contributed by atoms with van der Waals surface area (Å²) in [4.78, 5) is 68.3. The smallest absolute Gasteiger partial charge is 0.328 e. The van der Waals surface area contributed by atoms with E-state index < -0.39 is 59.9 Å².